The molecule has 0 radical (unpaired) electrons. The highest BCUT2D eigenvalue weighted by Gasteiger charge is 2.46. The largest absolute Gasteiger partial charge is 0.294 e. The molecular formula is C16H11ClF2O. The highest BCUT2D eigenvalue weighted by Crippen LogP contribution is 2.51. The molecule has 0 aromatic heterocycles. The van der Waals surface area contributed by atoms with Crippen molar-refractivity contribution in [3.8, 4) is 0 Å². The van der Waals surface area contributed by atoms with E-state index in [2.05, 4.69) is 0 Å². The number of hydrogen-bond donors (Lipinski definition) is 0. The molecule has 0 spiro atoms. The van der Waals surface area contributed by atoms with Gasteiger partial charge in [0.05, 0.1) is 0 Å². The fourth-order valence-electron chi connectivity index (χ4n) is 2.50. The summed E-state index contributed by atoms with van der Waals surface area (Å²) >= 11 is 6.00. The van der Waals surface area contributed by atoms with E-state index in [4.69, 9.17) is 11.6 Å². The summed E-state index contributed by atoms with van der Waals surface area (Å²) in [5.74, 6) is -1.30. The molecule has 0 amide bonds. The topological polar surface area (TPSA) is 17.1 Å². The lowest BCUT2D eigenvalue weighted by Gasteiger charge is -2.05. The zero-order chi connectivity index (χ0) is 14.3. The maximum atomic E-state index is 13.8. The smallest absolute Gasteiger partial charge is 0.166 e. The Kier molecular flexibility index (Phi) is 3.30. The standard InChI is InChI=1S/C16H11ClF2O/c17-13-2-1-3-14(19)15(13)11-8-12(11)16(20)9-4-6-10(18)7-5-9/h1-7,11-12H,8H2/t11-,12+/m1/s1. The third kappa shape index (κ3) is 2.34. The average Bonchev–Trinajstić information content (AvgIpc) is 3.19. The lowest BCUT2D eigenvalue weighted by atomic mass is 10.0. The Bertz CT molecular complexity index is 646. The van der Waals surface area contributed by atoms with E-state index >= 15 is 0 Å². The SMILES string of the molecule is O=C(c1ccc(F)cc1)[C@H]1C[C@H]1c1c(F)cccc1Cl. The molecule has 1 saturated carbocycles. The van der Waals surface area contributed by atoms with Crippen molar-refractivity contribution in [2.75, 3.05) is 0 Å². The second kappa shape index (κ2) is 4.98. The molecule has 1 aliphatic carbocycles. The van der Waals surface area contributed by atoms with Gasteiger partial charge in [0.25, 0.3) is 0 Å². The van der Waals surface area contributed by atoms with Gasteiger partial charge >= 0.3 is 0 Å². The summed E-state index contributed by atoms with van der Waals surface area (Å²) in [5.41, 5.74) is 0.862. The summed E-state index contributed by atoms with van der Waals surface area (Å²) in [7, 11) is 0. The summed E-state index contributed by atoms with van der Waals surface area (Å²) in [4.78, 5) is 12.2. The van der Waals surface area contributed by atoms with Gasteiger partial charge in [-0.3, -0.25) is 4.79 Å². The molecule has 0 saturated heterocycles. The number of Topliss-reactive ketones (excluding diaryl/α,β-unsaturated/α-hetero) is 1. The summed E-state index contributed by atoms with van der Waals surface area (Å²) in [6.07, 6.45) is 0.580. The van der Waals surface area contributed by atoms with Crippen LogP contribution in [-0.4, -0.2) is 5.78 Å². The molecule has 20 heavy (non-hydrogen) atoms. The van der Waals surface area contributed by atoms with Gasteiger partial charge in [-0.15, -0.1) is 0 Å². The van der Waals surface area contributed by atoms with Crippen molar-refractivity contribution in [1.29, 1.82) is 0 Å². The zero-order valence-corrected chi connectivity index (χ0v) is 11.2. The van der Waals surface area contributed by atoms with Crippen molar-refractivity contribution < 1.29 is 13.6 Å². The van der Waals surface area contributed by atoms with Crippen LogP contribution in [0, 0.1) is 17.6 Å². The normalized spacial score (nSPS) is 20.8. The molecule has 0 bridgehead atoms. The van der Waals surface area contributed by atoms with Gasteiger partial charge in [0.15, 0.2) is 5.78 Å². The number of hydrogen-bond acceptors (Lipinski definition) is 1. The number of halogens is 3. The second-order valence-corrected chi connectivity index (χ2v) is 5.36. The minimum atomic E-state index is -0.383. The Labute approximate surface area is 120 Å². The molecular weight excluding hydrogens is 282 g/mol. The Morgan fingerprint density at radius 1 is 1.10 bits per heavy atom. The predicted octanol–water partition coefficient (Wildman–Crippen LogP) is 4.60. The molecule has 0 unspecified atom stereocenters. The summed E-state index contributed by atoms with van der Waals surface area (Å²) < 4.78 is 26.6. The van der Waals surface area contributed by atoms with Crippen LogP contribution in [0.1, 0.15) is 28.3 Å². The highest BCUT2D eigenvalue weighted by atomic mass is 35.5. The molecule has 102 valence electrons. The molecule has 0 heterocycles. The molecule has 1 fully saturated rings. The van der Waals surface area contributed by atoms with Crippen LogP contribution in [0.15, 0.2) is 42.5 Å². The first-order chi connectivity index (χ1) is 9.58. The first-order valence-corrected chi connectivity index (χ1v) is 6.69. The van der Waals surface area contributed by atoms with Crippen LogP contribution >= 0.6 is 11.6 Å². The number of rotatable bonds is 3. The molecule has 4 heteroatoms. The molecule has 0 N–H and O–H groups in total. The van der Waals surface area contributed by atoms with Crippen molar-refractivity contribution >= 4 is 17.4 Å². The number of ketones is 1. The number of carbonyl (C=O) groups is 1. The monoisotopic (exact) mass is 292 g/mol. The zero-order valence-electron chi connectivity index (χ0n) is 10.4. The van der Waals surface area contributed by atoms with E-state index in [0.29, 0.717) is 22.6 Å². The quantitative estimate of drug-likeness (QED) is 0.755. The Hall–Kier alpha value is -1.74. The minimum Gasteiger partial charge on any atom is -0.294 e. The minimum absolute atomic E-state index is 0.0886. The molecule has 2 atom stereocenters. The fraction of sp³-hybridized carbons (Fsp3) is 0.188. The van der Waals surface area contributed by atoms with Gasteiger partial charge in [-0.1, -0.05) is 17.7 Å². The van der Waals surface area contributed by atoms with Gasteiger partial charge in [-0.05, 0) is 48.7 Å². The maximum absolute atomic E-state index is 13.8. The highest BCUT2D eigenvalue weighted by molar-refractivity contribution is 6.31. The molecule has 2 aromatic carbocycles. The van der Waals surface area contributed by atoms with E-state index in [0.717, 1.165) is 0 Å². The first-order valence-electron chi connectivity index (χ1n) is 6.31. The van der Waals surface area contributed by atoms with Crippen molar-refractivity contribution in [1.82, 2.24) is 0 Å². The van der Waals surface area contributed by atoms with E-state index in [1.165, 1.54) is 30.3 Å². The summed E-state index contributed by atoms with van der Waals surface area (Å²) in [6.45, 7) is 0. The van der Waals surface area contributed by atoms with Crippen molar-refractivity contribution in [3.05, 3.63) is 70.2 Å². The molecule has 1 nitrogen and oxygen atoms in total. The van der Waals surface area contributed by atoms with Gasteiger partial charge in [0, 0.05) is 22.1 Å². The molecule has 3 rings (SSSR count). The summed E-state index contributed by atoms with van der Waals surface area (Å²) in [5, 5.41) is 0.351. The predicted molar refractivity (Wildman–Crippen MR) is 73.0 cm³/mol. The van der Waals surface area contributed by atoms with Crippen LogP contribution in [0.2, 0.25) is 5.02 Å². The van der Waals surface area contributed by atoms with Crippen LogP contribution in [0.5, 0.6) is 0 Å². The van der Waals surface area contributed by atoms with Gasteiger partial charge in [0.2, 0.25) is 0 Å². The van der Waals surface area contributed by atoms with Gasteiger partial charge < -0.3 is 0 Å². The van der Waals surface area contributed by atoms with E-state index in [1.807, 2.05) is 0 Å². The van der Waals surface area contributed by atoms with Crippen molar-refractivity contribution in [2.45, 2.75) is 12.3 Å². The Morgan fingerprint density at radius 2 is 1.80 bits per heavy atom. The lowest BCUT2D eigenvalue weighted by Crippen LogP contribution is -2.04. The summed E-state index contributed by atoms with van der Waals surface area (Å²) in [6, 6.07) is 9.92. The van der Waals surface area contributed by atoms with Crippen molar-refractivity contribution in [2.24, 2.45) is 5.92 Å². The average molecular weight is 293 g/mol. The first kappa shape index (κ1) is 13.3. The Balaban J connectivity index is 1.82. The number of carbonyl (C=O) groups excluding carboxylic acids is 1. The van der Waals surface area contributed by atoms with E-state index in [1.54, 1.807) is 12.1 Å². The maximum Gasteiger partial charge on any atom is 0.166 e. The van der Waals surface area contributed by atoms with Gasteiger partial charge in [-0.25, -0.2) is 8.78 Å². The molecule has 2 aromatic rings. The van der Waals surface area contributed by atoms with Gasteiger partial charge in [0.1, 0.15) is 11.6 Å². The van der Waals surface area contributed by atoms with Crippen LogP contribution in [0.4, 0.5) is 8.78 Å². The van der Waals surface area contributed by atoms with E-state index in [-0.39, 0.29) is 29.3 Å². The Morgan fingerprint density at radius 3 is 2.45 bits per heavy atom. The van der Waals surface area contributed by atoms with E-state index in [9.17, 15) is 13.6 Å². The number of benzene rings is 2. The molecule has 0 aliphatic heterocycles. The lowest BCUT2D eigenvalue weighted by molar-refractivity contribution is 0.0965. The van der Waals surface area contributed by atoms with Crippen LogP contribution in [0.25, 0.3) is 0 Å². The second-order valence-electron chi connectivity index (χ2n) is 4.96. The van der Waals surface area contributed by atoms with Crippen molar-refractivity contribution in [3.63, 3.8) is 0 Å². The van der Waals surface area contributed by atoms with Gasteiger partial charge in [-0.2, -0.15) is 0 Å². The fourth-order valence-corrected chi connectivity index (χ4v) is 2.80. The third-order valence-electron chi connectivity index (χ3n) is 3.63. The third-order valence-corrected chi connectivity index (χ3v) is 3.96. The van der Waals surface area contributed by atoms with E-state index < -0.39 is 0 Å². The van der Waals surface area contributed by atoms with Crippen LogP contribution in [-0.2, 0) is 0 Å². The molecule has 1 aliphatic rings. The van der Waals surface area contributed by atoms with Crippen LogP contribution in [0.3, 0.4) is 0 Å². The van der Waals surface area contributed by atoms with Crippen LogP contribution < -0.4 is 0 Å².